The second-order valence-electron chi connectivity index (χ2n) is 3.27. The Bertz CT molecular complexity index is 524. The summed E-state index contributed by atoms with van der Waals surface area (Å²) in [7, 11) is 0. The number of allylic oxidation sites excluding steroid dienone is 2. The molecule has 1 aromatic carbocycles. The van der Waals surface area contributed by atoms with Crippen LogP contribution in [0.1, 0.15) is 27.6 Å². The van der Waals surface area contributed by atoms with E-state index >= 15 is 0 Å². The summed E-state index contributed by atoms with van der Waals surface area (Å²) >= 11 is -3.11. The Kier molecular flexibility index (Phi) is 11.6. The average molecular weight is 298 g/mol. The van der Waals surface area contributed by atoms with Crippen LogP contribution < -0.4 is 59.1 Å². The molecule has 2 rings (SSSR count). The van der Waals surface area contributed by atoms with E-state index in [1.807, 2.05) is 0 Å². The van der Waals surface area contributed by atoms with E-state index in [1.54, 1.807) is 31.2 Å². The van der Waals surface area contributed by atoms with Crippen molar-refractivity contribution in [2.75, 3.05) is 0 Å². The molecule has 0 aromatic heterocycles. The molecule has 0 unspecified atom stereocenters. The first-order chi connectivity index (χ1) is 7.93. The first-order valence-electron chi connectivity index (χ1n) is 4.56. The Morgan fingerprint density at radius 2 is 1.42 bits per heavy atom. The molecule has 0 radical (unpaired) electrons. The zero-order valence-corrected chi connectivity index (χ0v) is 15.7. The van der Waals surface area contributed by atoms with Crippen LogP contribution in [0.2, 0.25) is 0 Å². The van der Waals surface area contributed by atoms with Crippen LogP contribution >= 0.6 is 0 Å². The normalized spacial score (nSPS) is 12.3. The summed E-state index contributed by atoms with van der Waals surface area (Å²) in [5, 5.41) is 0. The quantitative estimate of drug-likeness (QED) is 0.353. The maximum Gasteiger partial charge on any atom is 1.00 e. The summed E-state index contributed by atoms with van der Waals surface area (Å²) in [6, 6.07) is 6.89. The Balaban J connectivity index is 0. The van der Waals surface area contributed by atoms with Gasteiger partial charge in [-0.1, -0.05) is 24.3 Å². The third kappa shape index (κ3) is 6.57. The molecule has 19 heavy (non-hydrogen) atoms. The molecule has 1 aliphatic rings. The van der Waals surface area contributed by atoms with Crippen molar-refractivity contribution in [1.29, 1.82) is 0 Å². The molecule has 0 amide bonds. The zero-order valence-electron chi connectivity index (χ0n) is 10.8. The van der Waals surface area contributed by atoms with Gasteiger partial charge in [0.1, 0.15) is 0 Å². The summed E-state index contributed by atoms with van der Waals surface area (Å²) in [4.78, 5) is 23.0. The molecule has 0 aliphatic heterocycles. The molecule has 1 aromatic rings. The number of hydrogen-bond donors (Lipinski definition) is 0. The van der Waals surface area contributed by atoms with Gasteiger partial charge < -0.3 is 9.11 Å². The number of carbonyl (C=O) groups excluding carboxylic acids is 2. The number of rotatable bonds is 0. The topological polar surface area (TPSA) is 97.3 Å². The minimum atomic E-state index is -3.11. The number of carbonyl (C=O) groups is 2. The van der Waals surface area contributed by atoms with Crippen molar-refractivity contribution < 1.29 is 82.0 Å². The van der Waals surface area contributed by atoms with Crippen molar-refractivity contribution in [2.45, 2.75) is 6.92 Å². The maximum atomic E-state index is 11.5. The molecular weight excluding hydrogens is 290 g/mol. The number of ketones is 2. The van der Waals surface area contributed by atoms with Crippen LogP contribution in [0.25, 0.3) is 0 Å². The minimum Gasteiger partial charge on any atom is -0.784 e. The number of benzene rings is 1. The standard InChI is InChI=1S/C11H8O2.2Na.H2O3S/c1-7-6-10(12)8-4-2-3-5-9(8)11(7)13;;;1-4(2)3/h2-6H,1H3;;;(H2,1,2,3)/q;2*+1;/p-2. The van der Waals surface area contributed by atoms with Gasteiger partial charge in [0.25, 0.3) is 0 Å². The van der Waals surface area contributed by atoms with Crippen LogP contribution in [0.15, 0.2) is 35.9 Å². The zero-order chi connectivity index (χ0) is 13.0. The number of Topliss-reactive ketones (excluding diaryl/α,β-unsaturated/α-hetero) is 1. The Hall–Kier alpha value is 0.370. The SMILES string of the molecule is CC1=CC(=O)c2ccccc2C1=O.O=S([O-])[O-].[Na+].[Na+]. The molecule has 90 valence electrons. The molecule has 0 saturated carbocycles. The maximum absolute atomic E-state index is 11.5. The van der Waals surface area contributed by atoms with Crippen molar-refractivity contribution in [3.8, 4) is 0 Å². The second-order valence-corrected chi connectivity index (χ2v) is 3.68. The third-order valence-electron chi connectivity index (χ3n) is 2.14. The van der Waals surface area contributed by atoms with Gasteiger partial charge in [0, 0.05) is 16.7 Å². The first-order valence-corrected chi connectivity index (χ1v) is 5.56. The van der Waals surface area contributed by atoms with Crippen LogP contribution in [0.4, 0.5) is 0 Å². The van der Waals surface area contributed by atoms with E-state index in [-0.39, 0.29) is 70.7 Å². The van der Waals surface area contributed by atoms with E-state index in [0.29, 0.717) is 16.7 Å². The van der Waals surface area contributed by atoms with Crippen molar-refractivity contribution in [3.63, 3.8) is 0 Å². The van der Waals surface area contributed by atoms with Gasteiger partial charge in [-0.15, -0.1) is 11.4 Å². The molecule has 0 saturated heterocycles. The molecule has 5 nitrogen and oxygen atoms in total. The first kappa shape index (κ1) is 21.7. The minimum absolute atomic E-state index is 0. The van der Waals surface area contributed by atoms with Crippen molar-refractivity contribution in [2.24, 2.45) is 0 Å². The van der Waals surface area contributed by atoms with E-state index < -0.39 is 11.4 Å². The van der Waals surface area contributed by atoms with Gasteiger partial charge in [0.15, 0.2) is 11.6 Å². The van der Waals surface area contributed by atoms with Crippen molar-refractivity contribution in [1.82, 2.24) is 0 Å². The summed E-state index contributed by atoms with van der Waals surface area (Å²) < 4.78 is 25.3. The Morgan fingerprint density at radius 3 is 1.89 bits per heavy atom. The predicted octanol–water partition coefficient (Wildman–Crippen LogP) is -4.98. The summed E-state index contributed by atoms with van der Waals surface area (Å²) in [5.74, 6) is -0.122. The molecule has 0 bridgehead atoms. The molecular formula is C11H8Na2O5S. The van der Waals surface area contributed by atoms with Gasteiger partial charge in [-0.2, -0.15) is 0 Å². The average Bonchev–Trinajstić information content (AvgIpc) is 2.25. The van der Waals surface area contributed by atoms with Crippen LogP contribution in [-0.4, -0.2) is 24.9 Å². The van der Waals surface area contributed by atoms with Crippen LogP contribution in [0.3, 0.4) is 0 Å². The van der Waals surface area contributed by atoms with Crippen molar-refractivity contribution >= 4 is 22.9 Å². The molecule has 0 heterocycles. The van der Waals surface area contributed by atoms with Crippen LogP contribution in [0, 0.1) is 0 Å². The van der Waals surface area contributed by atoms with Gasteiger partial charge in [-0.25, -0.2) is 0 Å². The fraction of sp³-hybridized carbons (Fsp3) is 0.0909. The van der Waals surface area contributed by atoms with Crippen molar-refractivity contribution in [3.05, 3.63) is 47.0 Å². The van der Waals surface area contributed by atoms with Gasteiger partial charge >= 0.3 is 59.1 Å². The van der Waals surface area contributed by atoms with Gasteiger partial charge in [-0.05, 0) is 13.0 Å². The number of fused-ring (bicyclic) bond motifs is 1. The van der Waals surface area contributed by atoms with E-state index in [9.17, 15) is 9.59 Å². The van der Waals surface area contributed by atoms with E-state index in [0.717, 1.165) is 0 Å². The summed E-state index contributed by atoms with van der Waals surface area (Å²) in [6.07, 6.45) is 1.39. The molecule has 0 spiro atoms. The number of hydrogen-bond acceptors (Lipinski definition) is 5. The summed E-state index contributed by atoms with van der Waals surface area (Å²) in [6.45, 7) is 1.66. The van der Waals surface area contributed by atoms with Crippen LogP contribution in [-0.2, 0) is 11.4 Å². The molecule has 0 atom stereocenters. The Labute approximate surface area is 157 Å². The van der Waals surface area contributed by atoms with Crippen LogP contribution in [0.5, 0.6) is 0 Å². The van der Waals surface area contributed by atoms with Gasteiger partial charge in [-0.3, -0.25) is 13.8 Å². The summed E-state index contributed by atoms with van der Waals surface area (Å²) in [5.41, 5.74) is 1.55. The molecule has 1 aliphatic carbocycles. The second kappa shape index (κ2) is 10.1. The van der Waals surface area contributed by atoms with Gasteiger partial charge in [0.2, 0.25) is 0 Å². The van der Waals surface area contributed by atoms with E-state index in [2.05, 4.69) is 0 Å². The molecule has 0 fully saturated rings. The predicted molar refractivity (Wildman–Crippen MR) is 58.6 cm³/mol. The fourth-order valence-electron chi connectivity index (χ4n) is 1.45. The van der Waals surface area contributed by atoms with E-state index in [1.165, 1.54) is 6.08 Å². The largest absolute Gasteiger partial charge is 1.00 e. The van der Waals surface area contributed by atoms with Gasteiger partial charge in [0.05, 0.1) is 0 Å². The monoisotopic (exact) mass is 298 g/mol. The Morgan fingerprint density at radius 1 is 1.00 bits per heavy atom. The molecule has 0 N–H and O–H groups in total. The molecule has 8 heteroatoms. The third-order valence-corrected chi connectivity index (χ3v) is 2.14. The van der Waals surface area contributed by atoms with E-state index in [4.69, 9.17) is 13.3 Å². The fourth-order valence-corrected chi connectivity index (χ4v) is 1.45. The smallest absolute Gasteiger partial charge is 0.784 e.